The average Bonchev–Trinajstić information content (AvgIpc) is 2.96. The topological polar surface area (TPSA) is 49.4 Å². The number of benzene rings is 2. The number of carbonyl (C=O) groups is 2. The van der Waals surface area contributed by atoms with Crippen LogP contribution in [-0.2, 0) is 4.79 Å². The molecular formula is C19H19IN2O2. The molecule has 0 bridgehead atoms. The van der Waals surface area contributed by atoms with Crippen molar-refractivity contribution in [1.82, 2.24) is 0 Å². The fourth-order valence-electron chi connectivity index (χ4n) is 2.96. The van der Waals surface area contributed by atoms with Crippen LogP contribution in [0.25, 0.3) is 0 Å². The Morgan fingerprint density at radius 2 is 1.96 bits per heavy atom. The molecule has 0 spiro atoms. The zero-order valence-electron chi connectivity index (χ0n) is 13.7. The molecule has 1 aliphatic heterocycles. The van der Waals surface area contributed by atoms with Crippen molar-refractivity contribution in [2.75, 3.05) is 16.8 Å². The summed E-state index contributed by atoms with van der Waals surface area (Å²) in [5, 5.41) is 2.95. The molecule has 2 aromatic rings. The third-order valence-electron chi connectivity index (χ3n) is 4.26. The van der Waals surface area contributed by atoms with Gasteiger partial charge in [-0.25, -0.2) is 0 Å². The van der Waals surface area contributed by atoms with Crippen molar-refractivity contribution in [3.05, 3.63) is 56.7 Å². The van der Waals surface area contributed by atoms with Gasteiger partial charge < -0.3 is 10.2 Å². The summed E-state index contributed by atoms with van der Waals surface area (Å²) in [6, 6.07) is 11.4. The molecular weight excluding hydrogens is 415 g/mol. The summed E-state index contributed by atoms with van der Waals surface area (Å²) in [4.78, 5) is 26.2. The first-order valence-corrected chi connectivity index (χ1v) is 9.03. The molecule has 2 amide bonds. The smallest absolute Gasteiger partial charge is 0.256 e. The molecule has 1 fully saturated rings. The Balaban J connectivity index is 1.81. The number of amides is 2. The van der Waals surface area contributed by atoms with E-state index in [0.29, 0.717) is 12.0 Å². The number of nitrogens with zero attached hydrogens (tertiary/aromatic N) is 1. The molecule has 2 aromatic carbocycles. The third-order valence-corrected chi connectivity index (χ3v) is 5.69. The molecule has 4 nitrogen and oxygen atoms in total. The molecule has 0 aromatic heterocycles. The number of nitrogens with one attached hydrogen (secondary N) is 1. The zero-order valence-corrected chi connectivity index (χ0v) is 15.9. The summed E-state index contributed by atoms with van der Waals surface area (Å²) in [5.41, 5.74) is 4.42. The molecule has 1 aliphatic rings. The van der Waals surface area contributed by atoms with Crippen molar-refractivity contribution in [3.8, 4) is 0 Å². The van der Waals surface area contributed by atoms with Gasteiger partial charge in [0.1, 0.15) is 0 Å². The SMILES string of the molecule is Cc1cc(NC(=O)c2cccc(C)c2I)ccc1N1CCCC1=O. The zero-order chi connectivity index (χ0) is 17.3. The average molecular weight is 434 g/mol. The molecule has 0 saturated carbocycles. The lowest BCUT2D eigenvalue weighted by atomic mass is 10.1. The van der Waals surface area contributed by atoms with Gasteiger partial charge in [-0.2, -0.15) is 0 Å². The third kappa shape index (κ3) is 3.31. The van der Waals surface area contributed by atoms with Crippen molar-refractivity contribution in [2.24, 2.45) is 0 Å². The van der Waals surface area contributed by atoms with Gasteiger partial charge in [0.2, 0.25) is 5.91 Å². The lowest BCUT2D eigenvalue weighted by molar-refractivity contribution is -0.117. The van der Waals surface area contributed by atoms with E-state index < -0.39 is 0 Å². The summed E-state index contributed by atoms with van der Waals surface area (Å²) >= 11 is 2.20. The predicted molar refractivity (Wildman–Crippen MR) is 105 cm³/mol. The van der Waals surface area contributed by atoms with E-state index >= 15 is 0 Å². The number of hydrogen-bond donors (Lipinski definition) is 1. The van der Waals surface area contributed by atoms with Crippen LogP contribution in [-0.4, -0.2) is 18.4 Å². The van der Waals surface area contributed by atoms with Gasteiger partial charge in [0.15, 0.2) is 0 Å². The number of anilines is 2. The maximum absolute atomic E-state index is 12.5. The van der Waals surface area contributed by atoms with Crippen LogP contribution in [0.5, 0.6) is 0 Å². The molecule has 0 unspecified atom stereocenters. The second-order valence-corrected chi connectivity index (χ2v) is 7.12. The first-order chi connectivity index (χ1) is 11.5. The van der Waals surface area contributed by atoms with Crippen LogP contribution in [0.15, 0.2) is 36.4 Å². The first kappa shape index (κ1) is 17.0. The van der Waals surface area contributed by atoms with Crippen LogP contribution in [0.3, 0.4) is 0 Å². The predicted octanol–water partition coefficient (Wildman–Crippen LogP) is 4.29. The second kappa shape index (κ2) is 6.93. The largest absolute Gasteiger partial charge is 0.322 e. The highest BCUT2D eigenvalue weighted by Crippen LogP contribution is 2.28. The van der Waals surface area contributed by atoms with Crippen LogP contribution >= 0.6 is 22.6 Å². The standard InChI is InChI=1S/C19H19IN2O2/c1-12-5-3-6-15(18(12)20)19(24)21-14-8-9-16(13(2)11-14)22-10-4-7-17(22)23/h3,5-6,8-9,11H,4,7,10H2,1-2H3,(H,21,24). The van der Waals surface area contributed by atoms with Gasteiger partial charge in [0.05, 0.1) is 5.56 Å². The number of halogens is 1. The Hall–Kier alpha value is -1.89. The van der Waals surface area contributed by atoms with Crippen molar-refractivity contribution >= 4 is 45.8 Å². The van der Waals surface area contributed by atoms with Crippen LogP contribution in [0.1, 0.15) is 34.3 Å². The molecule has 24 heavy (non-hydrogen) atoms. The van der Waals surface area contributed by atoms with E-state index in [4.69, 9.17) is 0 Å². The van der Waals surface area contributed by atoms with Crippen LogP contribution in [0.2, 0.25) is 0 Å². The van der Waals surface area contributed by atoms with Crippen LogP contribution in [0.4, 0.5) is 11.4 Å². The summed E-state index contributed by atoms with van der Waals surface area (Å²) in [6.45, 7) is 4.73. The maximum atomic E-state index is 12.5. The minimum Gasteiger partial charge on any atom is -0.322 e. The molecule has 1 N–H and O–H groups in total. The lowest BCUT2D eigenvalue weighted by Gasteiger charge is -2.19. The monoisotopic (exact) mass is 434 g/mol. The highest BCUT2D eigenvalue weighted by atomic mass is 127. The van der Waals surface area contributed by atoms with E-state index in [1.165, 1.54) is 0 Å². The van der Waals surface area contributed by atoms with E-state index in [9.17, 15) is 9.59 Å². The maximum Gasteiger partial charge on any atom is 0.256 e. The van der Waals surface area contributed by atoms with Crippen molar-refractivity contribution in [2.45, 2.75) is 26.7 Å². The Labute approximate surface area is 155 Å². The lowest BCUT2D eigenvalue weighted by Crippen LogP contribution is -2.24. The first-order valence-electron chi connectivity index (χ1n) is 7.95. The number of rotatable bonds is 3. The van der Waals surface area contributed by atoms with E-state index in [0.717, 1.165) is 39.0 Å². The van der Waals surface area contributed by atoms with E-state index in [1.54, 1.807) is 0 Å². The normalized spacial score (nSPS) is 14.1. The van der Waals surface area contributed by atoms with Crippen LogP contribution < -0.4 is 10.2 Å². The van der Waals surface area contributed by atoms with Crippen molar-refractivity contribution in [1.29, 1.82) is 0 Å². The van der Waals surface area contributed by atoms with E-state index in [-0.39, 0.29) is 11.8 Å². The summed E-state index contributed by atoms with van der Waals surface area (Å²) < 4.78 is 0.962. The highest BCUT2D eigenvalue weighted by molar-refractivity contribution is 14.1. The Kier molecular flexibility index (Phi) is 4.89. The van der Waals surface area contributed by atoms with Gasteiger partial charge >= 0.3 is 0 Å². The molecule has 0 aliphatic carbocycles. The van der Waals surface area contributed by atoms with Gasteiger partial charge in [0.25, 0.3) is 5.91 Å². The Bertz CT molecular complexity index is 817. The number of hydrogen-bond acceptors (Lipinski definition) is 2. The fourth-order valence-corrected chi connectivity index (χ4v) is 3.56. The summed E-state index contributed by atoms with van der Waals surface area (Å²) in [7, 11) is 0. The molecule has 3 rings (SSSR count). The second-order valence-electron chi connectivity index (χ2n) is 6.04. The Morgan fingerprint density at radius 3 is 2.62 bits per heavy atom. The van der Waals surface area contributed by atoms with Crippen molar-refractivity contribution < 1.29 is 9.59 Å². The quantitative estimate of drug-likeness (QED) is 0.734. The van der Waals surface area contributed by atoms with Gasteiger partial charge in [0, 0.05) is 27.9 Å². The molecule has 0 atom stereocenters. The minimum atomic E-state index is -0.118. The Morgan fingerprint density at radius 1 is 1.17 bits per heavy atom. The molecule has 5 heteroatoms. The number of aryl methyl sites for hydroxylation is 2. The van der Waals surface area contributed by atoms with Gasteiger partial charge in [-0.3, -0.25) is 9.59 Å². The molecule has 124 valence electrons. The van der Waals surface area contributed by atoms with Gasteiger partial charge in [-0.15, -0.1) is 0 Å². The van der Waals surface area contributed by atoms with Crippen molar-refractivity contribution in [3.63, 3.8) is 0 Å². The molecule has 1 saturated heterocycles. The van der Waals surface area contributed by atoms with Crippen LogP contribution in [0, 0.1) is 17.4 Å². The minimum absolute atomic E-state index is 0.118. The highest BCUT2D eigenvalue weighted by Gasteiger charge is 2.23. The van der Waals surface area contributed by atoms with Gasteiger partial charge in [-0.05, 0) is 78.3 Å². The summed E-state index contributed by atoms with van der Waals surface area (Å²) in [6.07, 6.45) is 1.52. The number of carbonyl (C=O) groups excluding carboxylic acids is 2. The van der Waals surface area contributed by atoms with Gasteiger partial charge in [-0.1, -0.05) is 12.1 Å². The molecule has 0 radical (unpaired) electrons. The summed E-state index contributed by atoms with van der Waals surface area (Å²) in [5.74, 6) is 0.0525. The molecule has 1 heterocycles. The van der Waals surface area contributed by atoms with E-state index in [1.807, 2.05) is 55.1 Å². The fraction of sp³-hybridized carbons (Fsp3) is 0.263. The van der Waals surface area contributed by atoms with E-state index in [2.05, 4.69) is 27.9 Å².